The van der Waals surface area contributed by atoms with E-state index in [1.807, 2.05) is 0 Å². The Morgan fingerprint density at radius 2 is 1.59 bits per heavy atom. The number of nitrogens with two attached hydrogens (primary N) is 4. The van der Waals surface area contributed by atoms with Crippen molar-refractivity contribution in [3.63, 3.8) is 0 Å². The predicted molar refractivity (Wildman–Crippen MR) is 113 cm³/mol. The Kier molecular flexibility index (Phi) is 13.0. The third-order valence-electron chi connectivity index (χ3n) is 4.14. The second-order valence-electron chi connectivity index (χ2n) is 6.96. The Morgan fingerprint density at radius 3 is 2.09 bits per heavy atom. The molecule has 0 fully saturated rings. The summed E-state index contributed by atoms with van der Waals surface area (Å²) in [6, 6.07) is -3.82. The molecule has 0 aliphatic heterocycles. The van der Waals surface area contributed by atoms with Gasteiger partial charge in [-0.05, 0) is 26.2 Å². The lowest BCUT2D eigenvalue weighted by Crippen LogP contribution is -2.55. The largest absolute Gasteiger partial charge is 0.480 e. The molecule has 0 saturated carbocycles. The van der Waals surface area contributed by atoms with Crippen LogP contribution in [0.15, 0.2) is 4.99 Å². The Hall–Kier alpha value is -3.46. The lowest BCUT2D eigenvalue weighted by Gasteiger charge is -2.21. The molecule has 0 radical (unpaired) electrons. The highest BCUT2D eigenvalue weighted by Crippen LogP contribution is 2.01. The minimum absolute atomic E-state index is 0.0420. The van der Waals surface area contributed by atoms with Crippen molar-refractivity contribution in [3.05, 3.63) is 0 Å². The van der Waals surface area contributed by atoms with Crippen molar-refractivity contribution in [2.45, 2.75) is 56.8 Å². The Morgan fingerprint density at radius 1 is 0.969 bits per heavy atom. The maximum Gasteiger partial charge on any atom is 0.326 e. The van der Waals surface area contributed by atoms with Crippen molar-refractivity contribution in [2.75, 3.05) is 13.1 Å². The van der Waals surface area contributed by atoms with E-state index in [0.717, 1.165) is 0 Å². The number of carbonyl (C=O) groups excluding carboxylic acids is 4. The van der Waals surface area contributed by atoms with Crippen LogP contribution in [0.25, 0.3) is 0 Å². The van der Waals surface area contributed by atoms with Gasteiger partial charge in [-0.2, -0.15) is 0 Å². The van der Waals surface area contributed by atoms with Crippen LogP contribution in [0.3, 0.4) is 0 Å². The lowest BCUT2D eigenvalue weighted by atomic mass is 10.1. The van der Waals surface area contributed by atoms with Crippen molar-refractivity contribution in [1.82, 2.24) is 16.0 Å². The highest BCUT2D eigenvalue weighted by molar-refractivity contribution is 5.93. The molecule has 13 N–H and O–H groups in total. The van der Waals surface area contributed by atoms with Crippen LogP contribution in [0, 0.1) is 0 Å². The molecule has 0 aromatic rings. The number of guanidine groups is 1. The molecule has 0 aliphatic rings. The molecule has 0 rings (SSSR count). The molecule has 0 bridgehead atoms. The standard InChI is InChI=1S/C17H32N8O7/c1-8(26)13(19)15(30)25-9(4-5-11(18)27)14(29)23-7-12(28)24-10(16(31)32)3-2-6-22-17(20)21/h8-10,13,26H,2-7,19H2,1H3,(H2,18,27)(H,23,29)(H,24,28)(H,25,30)(H,31,32)(H4,20,21,22). The van der Waals surface area contributed by atoms with Gasteiger partial charge in [-0.1, -0.05) is 0 Å². The van der Waals surface area contributed by atoms with Crippen LogP contribution in [0.5, 0.6) is 0 Å². The molecule has 0 spiro atoms. The number of aliphatic carboxylic acids is 1. The summed E-state index contributed by atoms with van der Waals surface area (Å²) >= 11 is 0. The number of amides is 4. The fourth-order valence-electron chi connectivity index (χ4n) is 2.34. The summed E-state index contributed by atoms with van der Waals surface area (Å²) in [4.78, 5) is 62.4. The summed E-state index contributed by atoms with van der Waals surface area (Å²) in [5.74, 6) is -4.62. The molecule has 0 aliphatic carbocycles. The molecular formula is C17H32N8O7. The molecule has 0 aromatic heterocycles. The molecule has 0 aromatic carbocycles. The SMILES string of the molecule is CC(O)C(N)C(=O)NC(CCC(N)=O)C(=O)NCC(=O)NC(CCCN=C(N)N)C(=O)O. The average Bonchev–Trinajstić information content (AvgIpc) is 2.69. The zero-order chi connectivity index (χ0) is 24.8. The van der Waals surface area contributed by atoms with Gasteiger partial charge in [0, 0.05) is 13.0 Å². The van der Waals surface area contributed by atoms with E-state index < -0.39 is 60.4 Å². The third kappa shape index (κ3) is 12.3. The van der Waals surface area contributed by atoms with Gasteiger partial charge in [0.05, 0.1) is 12.6 Å². The van der Waals surface area contributed by atoms with Gasteiger partial charge < -0.3 is 49.1 Å². The second kappa shape index (κ2) is 14.5. The first kappa shape index (κ1) is 28.5. The minimum atomic E-state index is -1.32. The van der Waals surface area contributed by atoms with Gasteiger partial charge in [-0.25, -0.2) is 4.79 Å². The van der Waals surface area contributed by atoms with Crippen LogP contribution < -0.4 is 38.9 Å². The number of nitrogens with one attached hydrogen (secondary N) is 3. The van der Waals surface area contributed by atoms with Crippen LogP contribution in [0.1, 0.15) is 32.6 Å². The van der Waals surface area contributed by atoms with Gasteiger partial charge in [0.2, 0.25) is 23.6 Å². The Labute approximate surface area is 184 Å². The van der Waals surface area contributed by atoms with Gasteiger partial charge in [0.25, 0.3) is 0 Å². The maximum atomic E-state index is 12.4. The third-order valence-corrected chi connectivity index (χ3v) is 4.14. The van der Waals surface area contributed by atoms with E-state index in [0.29, 0.717) is 0 Å². The molecule has 4 atom stereocenters. The first-order valence-corrected chi connectivity index (χ1v) is 9.72. The Balaban J connectivity index is 4.85. The van der Waals surface area contributed by atoms with E-state index in [1.54, 1.807) is 0 Å². The topological polar surface area (TPSA) is 278 Å². The summed E-state index contributed by atoms with van der Waals surface area (Å²) in [7, 11) is 0. The molecular weight excluding hydrogens is 428 g/mol. The van der Waals surface area contributed by atoms with Gasteiger partial charge in [-0.15, -0.1) is 0 Å². The molecule has 0 saturated heterocycles. The average molecular weight is 460 g/mol. The molecule has 0 heterocycles. The number of aliphatic imine (C=N–C) groups is 1. The Bertz CT molecular complexity index is 709. The van der Waals surface area contributed by atoms with Gasteiger partial charge in [0.15, 0.2) is 5.96 Å². The number of carbonyl (C=O) groups is 5. The highest BCUT2D eigenvalue weighted by Gasteiger charge is 2.27. The molecule has 4 unspecified atom stereocenters. The van der Waals surface area contributed by atoms with E-state index in [4.69, 9.17) is 22.9 Å². The lowest BCUT2D eigenvalue weighted by molar-refractivity contribution is -0.142. The quantitative estimate of drug-likeness (QED) is 0.0638. The molecule has 15 nitrogen and oxygen atoms in total. The van der Waals surface area contributed by atoms with E-state index in [-0.39, 0.29) is 38.2 Å². The number of carboxylic acid groups (broad SMARTS) is 1. The fraction of sp³-hybridized carbons (Fsp3) is 0.647. The normalized spacial score (nSPS) is 14.2. The van der Waals surface area contributed by atoms with Crippen LogP contribution >= 0.6 is 0 Å². The van der Waals surface area contributed by atoms with Crippen LogP contribution in [-0.2, 0) is 24.0 Å². The number of rotatable bonds is 15. The van der Waals surface area contributed by atoms with Crippen molar-refractivity contribution in [3.8, 4) is 0 Å². The van der Waals surface area contributed by atoms with E-state index in [1.165, 1.54) is 6.92 Å². The number of hydrogen-bond donors (Lipinski definition) is 9. The molecule has 15 heteroatoms. The minimum Gasteiger partial charge on any atom is -0.480 e. The van der Waals surface area contributed by atoms with E-state index in [2.05, 4.69) is 20.9 Å². The number of primary amides is 1. The highest BCUT2D eigenvalue weighted by atomic mass is 16.4. The number of carboxylic acids is 1. The van der Waals surface area contributed by atoms with Crippen molar-refractivity contribution in [1.29, 1.82) is 0 Å². The summed E-state index contributed by atoms with van der Waals surface area (Å²) in [6.07, 6.45) is -1.29. The zero-order valence-corrected chi connectivity index (χ0v) is 17.7. The van der Waals surface area contributed by atoms with Crippen LogP contribution in [-0.4, -0.2) is 83.1 Å². The predicted octanol–water partition coefficient (Wildman–Crippen LogP) is -4.82. The summed E-state index contributed by atoms with van der Waals surface area (Å²) in [5, 5.41) is 25.4. The number of hydrogen-bond acceptors (Lipinski definition) is 8. The monoisotopic (exact) mass is 460 g/mol. The number of aliphatic hydroxyl groups is 1. The second-order valence-corrected chi connectivity index (χ2v) is 6.96. The first-order chi connectivity index (χ1) is 14.8. The summed E-state index contributed by atoms with van der Waals surface area (Å²) in [5.41, 5.74) is 20.9. The van der Waals surface area contributed by atoms with Crippen LogP contribution in [0.2, 0.25) is 0 Å². The molecule has 4 amide bonds. The number of nitrogens with zero attached hydrogens (tertiary/aromatic N) is 1. The van der Waals surface area contributed by atoms with E-state index in [9.17, 15) is 34.2 Å². The van der Waals surface area contributed by atoms with E-state index >= 15 is 0 Å². The maximum absolute atomic E-state index is 12.4. The molecule has 182 valence electrons. The summed E-state index contributed by atoms with van der Waals surface area (Å²) < 4.78 is 0. The fourth-order valence-corrected chi connectivity index (χ4v) is 2.34. The van der Waals surface area contributed by atoms with Crippen molar-refractivity contribution < 1.29 is 34.2 Å². The van der Waals surface area contributed by atoms with Crippen molar-refractivity contribution >= 4 is 35.6 Å². The summed E-state index contributed by atoms with van der Waals surface area (Å²) in [6.45, 7) is 0.861. The first-order valence-electron chi connectivity index (χ1n) is 9.72. The van der Waals surface area contributed by atoms with Gasteiger partial charge in [-0.3, -0.25) is 24.2 Å². The van der Waals surface area contributed by atoms with Gasteiger partial charge >= 0.3 is 5.97 Å². The van der Waals surface area contributed by atoms with Gasteiger partial charge in [0.1, 0.15) is 18.1 Å². The van der Waals surface area contributed by atoms with Crippen LogP contribution in [0.4, 0.5) is 0 Å². The molecule has 32 heavy (non-hydrogen) atoms. The zero-order valence-electron chi connectivity index (χ0n) is 17.7. The van der Waals surface area contributed by atoms with Crippen molar-refractivity contribution in [2.24, 2.45) is 27.9 Å². The number of aliphatic hydroxyl groups excluding tert-OH is 1. The smallest absolute Gasteiger partial charge is 0.326 e.